The van der Waals surface area contributed by atoms with Crippen LogP contribution >= 0.6 is 0 Å². The molecule has 0 bridgehead atoms. The molecule has 0 aliphatic heterocycles. The van der Waals surface area contributed by atoms with Crippen LogP contribution in [-0.4, -0.2) is 36.2 Å². The third-order valence-corrected chi connectivity index (χ3v) is 5.09. The van der Waals surface area contributed by atoms with Crippen LogP contribution in [0.5, 0.6) is 0 Å². The molecule has 0 saturated heterocycles. The highest BCUT2D eigenvalue weighted by Gasteiger charge is 2.39. The lowest BCUT2D eigenvalue weighted by molar-refractivity contribution is -0.138. The normalized spacial score (nSPS) is 14.9. The average Bonchev–Trinajstić information content (AvgIpc) is 2.57. The van der Waals surface area contributed by atoms with Crippen molar-refractivity contribution in [1.29, 1.82) is 0 Å². The topological polar surface area (TPSA) is 106 Å². The minimum atomic E-state index is -4.56. The second-order valence-corrected chi connectivity index (χ2v) is 7.99. The summed E-state index contributed by atoms with van der Waals surface area (Å²) in [6.07, 6.45) is -1.52. The molecule has 2 aromatic rings. The summed E-state index contributed by atoms with van der Waals surface area (Å²) in [6, 6.07) is 2.92. The molecule has 11 heteroatoms. The first-order valence-corrected chi connectivity index (χ1v) is 9.60. The fraction of sp³-hybridized carbons (Fsp3) is 0.176. The highest BCUT2D eigenvalue weighted by Crippen LogP contribution is 2.34. The quantitative estimate of drug-likeness (QED) is 0.827. The van der Waals surface area contributed by atoms with Gasteiger partial charge in [-0.05, 0) is 30.7 Å². The third kappa shape index (κ3) is 3.40. The number of aromatic nitrogens is 2. The van der Waals surface area contributed by atoms with Crippen molar-refractivity contribution in [3.63, 3.8) is 0 Å². The standard InChI is InChI=1S/C17H12F3N3O4S/c1-8-7-9(3-4-10(8)17(18,19)20)23-13-14(24)11-12(22-6-5-21-11)15(25)16(13)28(2,26)27/h3-7,23H,1-2H3. The van der Waals surface area contributed by atoms with Crippen molar-refractivity contribution in [1.82, 2.24) is 9.97 Å². The Morgan fingerprint density at radius 2 is 1.57 bits per heavy atom. The van der Waals surface area contributed by atoms with E-state index in [0.29, 0.717) is 0 Å². The lowest BCUT2D eigenvalue weighted by Gasteiger charge is -2.20. The molecule has 0 unspecified atom stereocenters. The molecule has 1 heterocycles. The average molecular weight is 411 g/mol. The van der Waals surface area contributed by atoms with Crippen molar-refractivity contribution in [2.24, 2.45) is 0 Å². The van der Waals surface area contributed by atoms with Gasteiger partial charge in [0.15, 0.2) is 9.84 Å². The number of fused-ring (bicyclic) bond motifs is 1. The molecule has 1 aliphatic rings. The fourth-order valence-electron chi connectivity index (χ4n) is 2.78. The number of halogens is 3. The summed E-state index contributed by atoms with van der Waals surface area (Å²) in [5.74, 6) is -1.92. The van der Waals surface area contributed by atoms with Gasteiger partial charge in [-0.2, -0.15) is 13.2 Å². The number of alkyl halides is 3. The van der Waals surface area contributed by atoms with Crippen molar-refractivity contribution >= 4 is 27.1 Å². The lowest BCUT2D eigenvalue weighted by Crippen LogP contribution is -2.31. The molecule has 3 rings (SSSR count). The fourth-order valence-corrected chi connectivity index (χ4v) is 3.73. The maximum atomic E-state index is 12.9. The molecular weight excluding hydrogens is 399 g/mol. The number of sulfone groups is 1. The number of allylic oxidation sites excluding steroid dienone is 2. The lowest BCUT2D eigenvalue weighted by atomic mass is 10.0. The number of rotatable bonds is 3. The number of hydrogen-bond donors (Lipinski definition) is 1. The van der Waals surface area contributed by atoms with E-state index >= 15 is 0 Å². The molecule has 1 aromatic heterocycles. The van der Waals surface area contributed by atoms with Gasteiger partial charge in [-0.3, -0.25) is 9.59 Å². The zero-order chi connectivity index (χ0) is 20.9. The van der Waals surface area contributed by atoms with Gasteiger partial charge in [-0.1, -0.05) is 0 Å². The maximum absolute atomic E-state index is 12.9. The molecule has 0 fully saturated rings. The van der Waals surface area contributed by atoms with Crippen LogP contribution in [0, 0.1) is 6.92 Å². The molecule has 1 N–H and O–H groups in total. The van der Waals surface area contributed by atoms with Gasteiger partial charge in [-0.25, -0.2) is 18.4 Å². The SMILES string of the molecule is Cc1cc(NC2=C(S(C)(=O)=O)C(=O)c3nccnc3C2=O)ccc1C(F)(F)F. The smallest absolute Gasteiger partial charge is 0.351 e. The predicted octanol–water partition coefficient (Wildman–Crippen LogP) is 2.55. The van der Waals surface area contributed by atoms with E-state index in [9.17, 15) is 31.2 Å². The van der Waals surface area contributed by atoms with Crippen LogP contribution in [0.4, 0.5) is 18.9 Å². The van der Waals surface area contributed by atoms with Crippen molar-refractivity contribution < 1.29 is 31.2 Å². The van der Waals surface area contributed by atoms with Crippen LogP contribution < -0.4 is 5.32 Å². The molecule has 1 aromatic carbocycles. The van der Waals surface area contributed by atoms with E-state index in [0.717, 1.165) is 36.8 Å². The highest BCUT2D eigenvalue weighted by atomic mass is 32.2. The molecule has 0 radical (unpaired) electrons. The summed E-state index contributed by atoms with van der Waals surface area (Å²) in [6.45, 7) is 1.22. The number of hydrogen-bond acceptors (Lipinski definition) is 7. The van der Waals surface area contributed by atoms with Crippen LogP contribution in [0.1, 0.15) is 32.1 Å². The predicted molar refractivity (Wildman–Crippen MR) is 92.4 cm³/mol. The third-order valence-electron chi connectivity index (χ3n) is 3.96. The van der Waals surface area contributed by atoms with Gasteiger partial charge in [0.1, 0.15) is 22.0 Å². The Morgan fingerprint density at radius 1 is 1.00 bits per heavy atom. The minimum Gasteiger partial charge on any atom is -0.351 e. The van der Waals surface area contributed by atoms with Crippen molar-refractivity contribution in [2.45, 2.75) is 13.1 Å². The van der Waals surface area contributed by atoms with Crippen LogP contribution in [0.25, 0.3) is 0 Å². The Kier molecular flexibility index (Phi) is 4.58. The number of benzene rings is 1. The molecule has 0 amide bonds. The van der Waals surface area contributed by atoms with E-state index in [1.165, 1.54) is 6.92 Å². The van der Waals surface area contributed by atoms with E-state index in [1.54, 1.807) is 0 Å². The summed E-state index contributed by atoms with van der Waals surface area (Å²) in [7, 11) is -4.16. The molecular formula is C17H12F3N3O4S. The molecule has 0 saturated carbocycles. The second kappa shape index (κ2) is 6.51. The Morgan fingerprint density at radius 3 is 2.07 bits per heavy atom. The first kappa shape index (κ1) is 19.7. The van der Waals surface area contributed by atoms with Gasteiger partial charge in [0.2, 0.25) is 11.6 Å². The Labute approximate surface area is 157 Å². The minimum absolute atomic E-state index is 0.00939. The number of carbonyl (C=O) groups excluding carboxylic acids is 2. The molecule has 0 atom stereocenters. The van der Waals surface area contributed by atoms with Gasteiger partial charge in [0.25, 0.3) is 0 Å². The first-order valence-electron chi connectivity index (χ1n) is 7.71. The second-order valence-electron chi connectivity index (χ2n) is 6.04. The van der Waals surface area contributed by atoms with Crippen molar-refractivity contribution in [2.75, 3.05) is 11.6 Å². The van der Waals surface area contributed by atoms with Crippen LogP contribution in [-0.2, 0) is 16.0 Å². The number of anilines is 1. The first-order chi connectivity index (χ1) is 12.9. The molecule has 0 spiro atoms. The van der Waals surface area contributed by atoms with Gasteiger partial charge in [0.05, 0.1) is 5.56 Å². The van der Waals surface area contributed by atoms with Crippen molar-refractivity contribution in [3.05, 3.63) is 63.7 Å². The molecule has 7 nitrogen and oxygen atoms in total. The largest absolute Gasteiger partial charge is 0.416 e. The van der Waals surface area contributed by atoms with E-state index < -0.39 is 49.4 Å². The summed E-state index contributed by atoms with van der Waals surface area (Å²) in [4.78, 5) is 32.0. The maximum Gasteiger partial charge on any atom is 0.416 e. The number of ketones is 2. The number of nitrogens with zero attached hydrogens (tertiary/aromatic N) is 2. The number of Topliss-reactive ketones (excluding diaryl/α,β-unsaturated/α-hetero) is 2. The highest BCUT2D eigenvalue weighted by molar-refractivity contribution is 7.95. The van der Waals surface area contributed by atoms with E-state index in [2.05, 4.69) is 15.3 Å². The van der Waals surface area contributed by atoms with E-state index in [4.69, 9.17) is 0 Å². The van der Waals surface area contributed by atoms with Gasteiger partial charge in [-0.15, -0.1) is 0 Å². The van der Waals surface area contributed by atoms with E-state index in [-0.39, 0.29) is 16.9 Å². The van der Waals surface area contributed by atoms with Crippen LogP contribution in [0.2, 0.25) is 0 Å². The Hall–Kier alpha value is -3.08. The monoisotopic (exact) mass is 411 g/mol. The summed E-state index contributed by atoms with van der Waals surface area (Å²) in [5, 5.41) is 2.47. The van der Waals surface area contributed by atoms with Gasteiger partial charge >= 0.3 is 6.18 Å². The van der Waals surface area contributed by atoms with Crippen LogP contribution in [0.3, 0.4) is 0 Å². The van der Waals surface area contributed by atoms with Crippen LogP contribution in [0.15, 0.2) is 41.2 Å². The van der Waals surface area contributed by atoms with E-state index in [1.807, 2.05) is 0 Å². The zero-order valence-electron chi connectivity index (χ0n) is 14.5. The summed E-state index contributed by atoms with van der Waals surface area (Å²) >= 11 is 0. The molecule has 1 aliphatic carbocycles. The Balaban J connectivity index is 2.14. The zero-order valence-corrected chi connectivity index (χ0v) is 15.3. The number of aryl methyl sites for hydroxylation is 1. The number of carbonyl (C=O) groups is 2. The molecule has 28 heavy (non-hydrogen) atoms. The summed E-state index contributed by atoms with van der Waals surface area (Å²) in [5.41, 5.74) is -2.34. The Bertz CT molecular complexity index is 1150. The number of nitrogens with one attached hydrogen (secondary N) is 1. The molecule has 146 valence electrons. The van der Waals surface area contributed by atoms with Gasteiger partial charge < -0.3 is 5.32 Å². The van der Waals surface area contributed by atoms with Crippen molar-refractivity contribution in [3.8, 4) is 0 Å². The summed E-state index contributed by atoms with van der Waals surface area (Å²) < 4.78 is 63.0. The van der Waals surface area contributed by atoms with Gasteiger partial charge in [0, 0.05) is 24.3 Å².